The van der Waals surface area contributed by atoms with E-state index in [-0.39, 0.29) is 34.6 Å². The van der Waals surface area contributed by atoms with Crippen LogP contribution in [0.4, 0.5) is 5.69 Å². The van der Waals surface area contributed by atoms with Crippen molar-refractivity contribution in [2.24, 2.45) is 11.8 Å². The first-order chi connectivity index (χ1) is 15.7. The van der Waals surface area contributed by atoms with Gasteiger partial charge in [-0.15, -0.1) is 11.3 Å². The zero-order valence-corrected chi connectivity index (χ0v) is 20.7. The molecule has 1 aromatic heterocycles. The number of carbonyl (C=O) groups excluding carboxylic acids is 2. The van der Waals surface area contributed by atoms with Gasteiger partial charge in [0.05, 0.1) is 11.4 Å². The van der Waals surface area contributed by atoms with Gasteiger partial charge in [-0.3, -0.25) is 9.59 Å². The van der Waals surface area contributed by atoms with Crippen molar-refractivity contribution in [2.45, 2.75) is 63.4 Å². The third-order valence-corrected chi connectivity index (χ3v) is 9.01. The second kappa shape index (κ2) is 9.95. The second-order valence-corrected chi connectivity index (χ2v) is 11.9. The van der Waals surface area contributed by atoms with Gasteiger partial charge in [-0.2, -0.15) is 0 Å². The van der Waals surface area contributed by atoms with E-state index in [0.717, 1.165) is 41.8 Å². The van der Waals surface area contributed by atoms with E-state index in [1.54, 1.807) is 34.4 Å². The van der Waals surface area contributed by atoms with Crippen LogP contribution in [-0.4, -0.2) is 32.8 Å². The summed E-state index contributed by atoms with van der Waals surface area (Å²) in [4.78, 5) is 27.4. The maximum atomic E-state index is 12.9. The lowest BCUT2D eigenvalue weighted by molar-refractivity contribution is -0.126. The summed E-state index contributed by atoms with van der Waals surface area (Å²) in [7, 11) is -3.63. The quantitative estimate of drug-likeness (QED) is 0.623. The Morgan fingerprint density at radius 1 is 1.15 bits per heavy atom. The molecule has 1 saturated carbocycles. The van der Waals surface area contributed by atoms with Crippen LogP contribution >= 0.6 is 11.3 Å². The molecule has 0 unspecified atom stereocenters. The summed E-state index contributed by atoms with van der Waals surface area (Å²) < 4.78 is 28.5. The summed E-state index contributed by atoms with van der Waals surface area (Å²) >= 11 is 1.63. The Balaban J connectivity index is 1.28. The molecule has 33 heavy (non-hydrogen) atoms. The lowest BCUT2D eigenvalue weighted by Crippen LogP contribution is -2.35. The van der Waals surface area contributed by atoms with E-state index in [9.17, 15) is 18.0 Å². The summed E-state index contributed by atoms with van der Waals surface area (Å²) in [6.07, 6.45) is 3.86. The van der Waals surface area contributed by atoms with Crippen LogP contribution in [-0.2, 0) is 32.6 Å². The van der Waals surface area contributed by atoms with E-state index in [1.807, 2.05) is 24.4 Å². The second-order valence-electron chi connectivity index (χ2n) is 9.10. The van der Waals surface area contributed by atoms with Crippen LogP contribution in [0.25, 0.3) is 0 Å². The van der Waals surface area contributed by atoms with Crippen LogP contribution in [0.5, 0.6) is 0 Å². The van der Waals surface area contributed by atoms with E-state index in [0.29, 0.717) is 19.5 Å². The van der Waals surface area contributed by atoms with Gasteiger partial charge >= 0.3 is 0 Å². The molecular weight excluding hydrogens is 458 g/mol. The van der Waals surface area contributed by atoms with E-state index >= 15 is 0 Å². The number of benzene rings is 1. The number of fused-ring (bicyclic) bond motifs is 1. The number of carbonyl (C=O) groups is 2. The number of hydrogen-bond donors (Lipinski definition) is 2. The molecule has 1 aliphatic heterocycles. The zero-order valence-electron chi connectivity index (χ0n) is 19.0. The van der Waals surface area contributed by atoms with Gasteiger partial charge in [0, 0.05) is 36.0 Å². The Labute approximate surface area is 199 Å². The van der Waals surface area contributed by atoms with Gasteiger partial charge < -0.3 is 10.2 Å². The first kappa shape index (κ1) is 23.9. The Hall–Kier alpha value is -2.23. The van der Waals surface area contributed by atoms with Crippen LogP contribution in [0, 0.1) is 11.8 Å². The molecule has 2 aliphatic rings. The van der Waals surface area contributed by atoms with Crippen LogP contribution in [0.2, 0.25) is 0 Å². The smallest absolute Gasteiger partial charge is 0.240 e. The Morgan fingerprint density at radius 2 is 1.91 bits per heavy atom. The fourth-order valence-corrected chi connectivity index (χ4v) is 6.74. The van der Waals surface area contributed by atoms with Gasteiger partial charge in [0.1, 0.15) is 0 Å². The highest BCUT2D eigenvalue weighted by Crippen LogP contribution is 2.34. The molecule has 1 atom stereocenters. The molecule has 0 bridgehead atoms. The fraction of sp³-hybridized carbons (Fsp3) is 0.500. The highest BCUT2D eigenvalue weighted by molar-refractivity contribution is 7.89. The van der Waals surface area contributed by atoms with E-state index < -0.39 is 10.0 Å². The van der Waals surface area contributed by atoms with Gasteiger partial charge in [0.15, 0.2) is 0 Å². The SMILES string of the molecule is CC(=O)N1c2ccc(S(=O)(=O)NCC3CCC(C(=O)NCc4cccs4)CC3)cc2C[C@@H]1C. The minimum atomic E-state index is -3.63. The number of nitrogens with one attached hydrogen (secondary N) is 2. The summed E-state index contributed by atoms with van der Waals surface area (Å²) in [5.41, 5.74) is 1.68. The molecule has 0 spiro atoms. The molecule has 178 valence electrons. The normalized spacial score (nSPS) is 22.7. The Kier molecular flexibility index (Phi) is 7.21. The Bertz CT molecular complexity index is 1110. The zero-order chi connectivity index (χ0) is 23.6. The molecule has 1 fully saturated rings. The van der Waals surface area contributed by atoms with Gasteiger partial charge in [0.25, 0.3) is 0 Å². The molecule has 2 N–H and O–H groups in total. The van der Waals surface area contributed by atoms with Gasteiger partial charge in [0.2, 0.25) is 21.8 Å². The number of hydrogen-bond acceptors (Lipinski definition) is 5. The largest absolute Gasteiger partial charge is 0.351 e. The van der Waals surface area contributed by atoms with Crippen molar-refractivity contribution in [3.8, 4) is 0 Å². The van der Waals surface area contributed by atoms with Crippen molar-refractivity contribution in [1.82, 2.24) is 10.0 Å². The highest BCUT2D eigenvalue weighted by atomic mass is 32.2. The first-order valence-corrected chi connectivity index (χ1v) is 13.8. The number of thiophene rings is 1. The van der Waals surface area contributed by atoms with Crippen LogP contribution in [0.3, 0.4) is 0 Å². The van der Waals surface area contributed by atoms with Gasteiger partial charge in [-0.1, -0.05) is 6.07 Å². The maximum absolute atomic E-state index is 12.9. The number of nitrogens with zero attached hydrogens (tertiary/aromatic N) is 1. The molecule has 4 rings (SSSR count). The molecule has 0 radical (unpaired) electrons. The van der Waals surface area contributed by atoms with E-state index in [4.69, 9.17) is 0 Å². The number of sulfonamides is 1. The molecule has 2 aromatic rings. The maximum Gasteiger partial charge on any atom is 0.240 e. The molecule has 1 aromatic carbocycles. The number of anilines is 1. The van der Waals surface area contributed by atoms with Crippen LogP contribution in [0.15, 0.2) is 40.6 Å². The van der Waals surface area contributed by atoms with E-state index in [2.05, 4.69) is 10.0 Å². The minimum Gasteiger partial charge on any atom is -0.351 e. The van der Waals surface area contributed by atoms with Crippen molar-refractivity contribution in [2.75, 3.05) is 11.4 Å². The third-order valence-electron chi connectivity index (χ3n) is 6.71. The van der Waals surface area contributed by atoms with Crippen molar-refractivity contribution >= 4 is 38.9 Å². The topological polar surface area (TPSA) is 95.6 Å². The summed E-state index contributed by atoms with van der Waals surface area (Å²) in [6.45, 7) is 4.44. The number of rotatable bonds is 7. The lowest BCUT2D eigenvalue weighted by Gasteiger charge is -2.27. The minimum absolute atomic E-state index is 0.000687. The molecule has 2 heterocycles. The van der Waals surface area contributed by atoms with Crippen molar-refractivity contribution < 1.29 is 18.0 Å². The summed E-state index contributed by atoms with van der Waals surface area (Å²) in [5, 5.41) is 5.01. The molecule has 1 aliphatic carbocycles. The Morgan fingerprint density at radius 3 is 2.58 bits per heavy atom. The first-order valence-electron chi connectivity index (χ1n) is 11.5. The molecule has 9 heteroatoms. The highest BCUT2D eigenvalue weighted by Gasteiger charge is 2.31. The average Bonchev–Trinajstić information content (AvgIpc) is 3.42. The standard InChI is InChI=1S/C24H31N3O4S2/c1-16-12-20-13-22(9-10-23(20)27(16)17(2)28)33(30,31)26-14-18-5-7-19(8-6-18)24(29)25-15-21-4-3-11-32-21/h3-4,9-11,13,16,18-19,26H,5-8,12,14-15H2,1-2H3,(H,25,29)/t16-,18?,19?/m0/s1. The van der Waals surface area contributed by atoms with Crippen molar-refractivity contribution in [1.29, 1.82) is 0 Å². The summed E-state index contributed by atoms with van der Waals surface area (Å²) in [5.74, 6) is 0.282. The molecular formula is C24H31N3O4S2. The van der Waals surface area contributed by atoms with E-state index in [1.165, 1.54) is 6.92 Å². The average molecular weight is 490 g/mol. The van der Waals surface area contributed by atoms with Crippen molar-refractivity contribution in [3.05, 3.63) is 46.2 Å². The predicted molar refractivity (Wildman–Crippen MR) is 130 cm³/mol. The third kappa shape index (κ3) is 5.47. The van der Waals surface area contributed by atoms with Crippen molar-refractivity contribution in [3.63, 3.8) is 0 Å². The van der Waals surface area contributed by atoms with Crippen LogP contribution in [0.1, 0.15) is 50.0 Å². The lowest BCUT2D eigenvalue weighted by atomic mass is 9.81. The van der Waals surface area contributed by atoms with Crippen LogP contribution < -0.4 is 14.9 Å². The van der Waals surface area contributed by atoms with Gasteiger partial charge in [-0.05, 0) is 80.2 Å². The summed E-state index contributed by atoms with van der Waals surface area (Å²) in [6, 6.07) is 9.00. The predicted octanol–water partition coefficient (Wildman–Crippen LogP) is 3.45. The molecule has 2 amide bonds. The molecule has 0 saturated heterocycles. The van der Waals surface area contributed by atoms with Gasteiger partial charge in [-0.25, -0.2) is 13.1 Å². The molecule has 7 nitrogen and oxygen atoms in total. The monoisotopic (exact) mass is 489 g/mol. The fourth-order valence-electron chi connectivity index (χ4n) is 4.93. The number of amides is 2.